The number of amides is 2. The second kappa shape index (κ2) is 8.62. The third-order valence-corrected chi connectivity index (χ3v) is 4.72. The lowest BCUT2D eigenvalue weighted by Crippen LogP contribution is -2.43. The van der Waals surface area contributed by atoms with Crippen LogP contribution in [0.3, 0.4) is 0 Å². The summed E-state index contributed by atoms with van der Waals surface area (Å²) in [6, 6.07) is 13.2. The van der Waals surface area contributed by atoms with Crippen LogP contribution in [-0.2, 0) is 11.3 Å². The Kier molecular flexibility index (Phi) is 5.58. The molecular formula is C20H22N6O2. The fourth-order valence-electron chi connectivity index (χ4n) is 3.15. The van der Waals surface area contributed by atoms with Gasteiger partial charge in [-0.05, 0) is 49.2 Å². The lowest BCUT2D eigenvalue weighted by molar-refractivity contribution is 0.00399. The highest BCUT2D eigenvalue weighted by molar-refractivity contribution is 5.89. The van der Waals surface area contributed by atoms with Gasteiger partial charge >= 0.3 is 6.03 Å². The number of carbonyl (C=O) groups excluding carboxylic acids is 1. The van der Waals surface area contributed by atoms with Crippen LogP contribution in [0.15, 0.2) is 61.3 Å². The van der Waals surface area contributed by atoms with Gasteiger partial charge in [-0.1, -0.05) is 6.07 Å². The van der Waals surface area contributed by atoms with Gasteiger partial charge in [0.25, 0.3) is 0 Å². The summed E-state index contributed by atoms with van der Waals surface area (Å²) >= 11 is 0. The smallest absolute Gasteiger partial charge is 0.321 e. The number of likely N-dealkylation sites (tertiary alicyclic amines) is 1. The van der Waals surface area contributed by atoms with Crippen molar-refractivity contribution in [3.63, 3.8) is 0 Å². The molecule has 0 radical (unpaired) electrons. The highest BCUT2D eigenvalue weighted by Crippen LogP contribution is 2.17. The Morgan fingerprint density at radius 3 is 2.64 bits per heavy atom. The van der Waals surface area contributed by atoms with Crippen LogP contribution in [-0.4, -0.2) is 49.9 Å². The van der Waals surface area contributed by atoms with Crippen molar-refractivity contribution >= 4 is 11.7 Å². The van der Waals surface area contributed by atoms with E-state index < -0.39 is 0 Å². The summed E-state index contributed by atoms with van der Waals surface area (Å²) in [7, 11) is 0. The molecule has 144 valence electrons. The predicted molar refractivity (Wildman–Crippen MR) is 104 cm³/mol. The molecule has 1 aromatic carbocycles. The van der Waals surface area contributed by atoms with Gasteiger partial charge in [-0.2, -0.15) is 5.10 Å². The molecule has 4 rings (SSSR count). The van der Waals surface area contributed by atoms with Crippen LogP contribution in [0.5, 0.6) is 0 Å². The number of hydrogen-bond acceptors (Lipinski definition) is 5. The van der Waals surface area contributed by atoms with E-state index >= 15 is 0 Å². The average molecular weight is 378 g/mol. The maximum absolute atomic E-state index is 12.5. The number of pyridine rings is 1. The van der Waals surface area contributed by atoms with E-state index in [1.165, 1.54) is 6.33 Å². The van der Waals surface area contributed by atoms with Gasteiger partial charge in [-0.3, -0.25) is 4.98 Å². The van der Waals surface area contributed by atoms with Crippen molar-refractivity contribution in [3.05, 3.63) is 67.0 Å². The minimum absolute atomic E-state index is 0.0864. The monoisotopic (exact) mass is 378 g/mol. The molecule has 2 amide bonds. The summed E-state index contributed by atoms with van der Waals surface area (Å²) in [5.41, 5.74) is 2.57. The molecule has 0 atom stereocenters. The Labute approximate surface area is 163 Å². The number of urea groups is 1. The summed E-state index contributed by atoms with van der Waals surface area (Å²) in [6.07, 6.45) is 6.70. The van der Waals surface area contributed by atoms with E-state index in [4.69, 9.17) is 4.74 Å². The maximum atomic E-state index is 12.5. The van der Waals surface area contributed by atoms with E-state index in [1.807, 2.05) is 47.4 Å². The largest absolute Gasteiger partial charge is 0.372 e. The van der Waals surface area contributed by atoms with Crippen LogP contribution in [0.2, 0.25) is 0 Å². The van der Waals surface area contributed by atoms with E-state index in [2.05, 4.69) is 20.4 Å². The number of benzene rings is 1. The van der Waals surface area contributed by atoms with E-state index in [1.54, 1.807) is 17.2 Å². The van der Waals surface area contributed by atoms with Crippen molar-refractivity contribution in [2.24, 2.45) is 0 Å². The molecule has 1 saturated heterocycles. The van der Waals surface area contributed by atoms with Crippen LogP contribution in [0.4, 0.5) is 10.5 Å². The molecule has 1 fully saturated rings. The number of ether oxygens (including phenoxy) is 1. The number of piperidine rings is 1. The van der Waals surface area contributed by atoms with E-state index in [-0.39, 0.29) is 12.1 Å². The summed E-state index contributed by atoms with van der Waals surface area (Å²) in [5.74, 6) is 0. The minimum atomic E-state index is -0.0864. The van der Waals surface area contributed by atoms with Gasteiger partial charge in [0.2, 0.25) is 0 Å². The number of aromatic nitrogens is 4. The summed E-state index contributed by atoms with van der Waals surface area (Å²) in [4.78, 5) is 22.5. The van der Waals surface area contributed by atoms with Gasteiger partial charge in [0.05, 0.1) is 24.1 Å². The van der Waals surface area contributed by atoms with Crippen LogP contribution in [0.1, 0.15) is 18.5 Å². The first-order valence-corrected chi connectivity index (χ1v) is 9.30. The third kappa shape index (κ3) is 4.52. The molecule has 8 heteroatoms. The number of anilines is 1. The highest BCUT2D eigenvalue weighted by atomic mass is 16.5. The average Bonchev–Trinajstić information content (AvgIpc) is 3.29. The number of nitrogens with one attached hydrogen (secondary N) is 1. The topological polar surface area (TPSA) is 85.2 Å². The second-order valence-electron chi connectivity index (χ2n) is 6.64. The molecule has 1 aliphatic rings. The van der Waals surface area contributed by atoms with Crippen molar-refractivity contribution in [1.29, 1.82) is 0 Å². The molecule has 0 spiro atoms. The van der Waals surface area contributed by atoms with Gasteiger partial charge in [0.1, 0.15) is 12.7 Å². The molecule has 0 saturated carbocycles. The zero-order valence-electron chi connectivity index (χ0n) is 15.4. The summed E-state index contributed by atoms with van der Waals surface area (Å²) < 4.78 is 7.60. The number of nitrogens with zero attached hydrogens (tertiary/aromatic N) is 5. The maximum Gasteiger partial charge on any atom is 0.321 e. The van der Waals surface area contributed by atoms with Crippen molar-refractivity contribution in [2.75, 3.05) is 18.4 Å². The molecule has 3 aromatic rings. The summed E-state index contributed by atoms with van der Waals surface area (Å²) in [6.45, 7) is 1.86. The van der Waals surface area contributed by atoms with Gasteiger partial charge in [0, 0.05) is 25.0 Å². The van der Waals surface area contributed by atoms with Crippen LogP contribution < -0.4 is 5.32 Å². The molecular weight excluding hydrogens is 356 g/mol. The number of rotatable bonds is 5. The Balaban J connectivity index is 1.24. The van der Waals surface area contributed by atoms with E-state index in [0.29, 0.717) is 19.7 Å². The van der Waals surface area contributed by atoms with Crippen molar-refractivity contribution in [1.82, 2.24) is 24.6 Å². The Morgan fingerprint density at radius 1 is 1.14 bits per heavy atom. The third-order valence-electron chi connectivity index (χ3n) is 4.72. The molecule has 0 bridgehead atoms. The number of carbonyl (C=O) groups is 1. The van der Waals surface area contributed by atoms with Crippen LogP contribution >= 0.6 is 0 Å². The Morgan fingerprint density at radius 2 is 1.96 bits per heavy atom. The Hall–Kier alpha value is -3.26. The van der Waals surface area contributed by atoms with Crippen LogP contribution in [0.25, 0.3) is 5.69 Å². The zero-order valence-corrected chi connectivity index (χ0v) is 15.4. The lowest BCUT2D eigenvalue weighted by atomic mass is 10.1. The zero-order chi connectivity index (χ0) is 19.2. The SMILES string of the molecule is O=C(Nc1ccc(-n2cncn2)cc1)N1CCC(OCc2ccccn2)CC1. The highest BCUT2D eigenvalue weighted by Gasteiger charge is 2.23. The Bertz CT molecular complexity index is 875. The van der Waals surface area contributed by atoms with Gasteiger partial charge in [-0.25, -0.2) is 14.5 Å². The first kappa shape index (κ1) is 18.1. The van der Waals surface area contributed by atoms with E-state index in [0.717, 1.165) is 29.9 Å². The molecule has 1 aliphatic heterocycles. The summed E-state index contributed by atoms with van der Waals surface area (Å²) in [5, 5.41) is 7.03. The standard InChI is InChI=1S/C20H22N6O2/c27-20(24-16-4-6-18(7-5-16)26-15-21-14-23-26)25-11-8-19(9-12-25)28-13-17-3-1-2-10-22-17/h1-7,10,14-15,19H,8-9,11-13H2,(H,24,27). The fraction of sp³-hybridized carbons (Fsp3) is 0.300. The first-order valence-electron chi connectivity index (χ1n) is 9.30. The molecule has 0 unspecified atom stereocenters. The molecule has 8 nitrogen and oxygen atoms in total. The molecule has 0 aliphatic carbocycles. The molecule has 1 N–H and O–H groups in total. The molecule has 2 aromatic heterocycles. The number of hydrogen-bond donors (Lipinski definition) is 1. The quantitative estimate of drug-likeness (QED) is 0.738. The molecule has 28 heavy (non-hydrogen) atoms. The van der Waals surface area contributed by atoms with Gasteiger partial charge in [0.15, 0.2) is 0 Å². The normalized spacial score (nSPS) is 14.8. The fourth-order valence-corrected chi connectivity index (χ4v) is 3.15. The van der Waals surface area contributed by atoms with E-state index in [9.17, 15) is 4.79 Å². The van der Waals surface area contributed by atoms with Crippen molar-refractivity contribution in [3.8, 4) is 5.69 Å². The lowest BCUT2D eigenvalue weighted by Gasteiger charge is -2.32. The van der Waals surface area contributed by atoms with Gasteiger partial charge in [-0.15, -0.1) is 0 Å². The first-order chi connectivity index (χ1) is 13.8. The second-order valence-corrected chi connectivity index (χ2v) is 6.64. The van der Waals surface area contributed by atoms with Gasteiger partial charge < -0.3 is 15.0 Å². The van der Waals surface area contributed by atoms with Crippen molar-refractivity contribution in [2.45, 2.75) is 25.6 Å². The predicted octanol–water partition coefficient (Wildman–Crippen LogP) is 2.88. The minimum Gasteiger partial charge on any atom is -0.372 e. The van der Waals surface area contributed by atoms with Crippen molar-refractivity contribution < 1.29 is 9.53 Å². The van der Waals surface area contributed by atoms with Crippen LogP contribution in [0, 0.1) is 0 Å². The molecule has 3 heterocycles.